The number of carboxylic acids is 1. The van der Waals surface area contributed by atoms with Crippen molar-refractivity contribution in [2.24, 2.45) is 0 Å². The van der Waals surface area contributed by atoms with Gasteiger partial charge in [-0.05, 0) is 38.7 Å². The molecular weight excluding hydrogens is 324 g/mol. The predicted octanol–water partition coefficient (Wildman–Crippen LogP) is 1.85. The molecule has 0 aromatic heterocycles. The van der Waals surface area contributed by atoms with E-state index < -0.39 is 5.97 Å². The Morgan fingerprint density at radius 3 is 2.40 bits per heavy atom. The molecule has 0 aliphatic carbocycles. The van der Waals surface area contributed by atoms with E-state index in [-0.39, 0.29) is 12.5 Å². The minimum Gasteiger partial charge on any atom is -0.480 e. The van der Waals surface area contributed by atoms with Gasteiger partial charge in [0.2, 0.25) is 0 Å². The van der Waals surface area contributed by atoms with Crippen LogP contribution in [0.3, 0.4) is 0 Å². The van der Waals surface area contributed by atoms with Crippen LogP contribution in [0.1, 0.15) is 15.9 Å². The van der Waals surface area contributed by atoms with Crippen LogP contribution >= 0.6 is 15.9 Å². The molecule has 0 unspecified atom stereocenters. The molecule has 0 fully saturated rings. The van der Waals surface area contributed by atoms with Crippen molar-refractivity contribution in [2.75, 3.05) is 33.7 Å². The Bertz CT molecular complexity index is 503. The highest BCUT2D eigenvalue weighted by atomic mass is 79.9. The summed E-state index contributed by atoms with van der Waals surface area (Å²) < 4.78 is 0.839. The molecular formula is C14H19BrN2O3. The number of carbonyl (C=O) groups is 2. The predicted molar refractivity (Wildman–Crippen MR) is 81.0 cm³/mol. The summed E-state index contributed by atoms with van der Waals surface area (Å²) >= 11 is 3.38. The maximum Gasteiger partial charge on any atom is 0.323 e. The molecule has 0 saturated carbocycles. The van der Waals surface area contributed by atoms with Crippen molar-refractivity contribution in [1.82, 2.24) is 9.80 Å². The maximum atomic E-state index is 12.4. The van der Waals surface area contributed by atoms with Gasteiger partial charge in [-0.1, -0.05) is 22.0 Å². The molecule has 0 atom stereocenters. The zero-order chi connectivity index (χ0) is 15.3. The molecule has 1 N–H and O–H groups in total. The van der Waals surface area contributed by atoms with Crippen LogP contribution < -0.4 is 0 Å². The van der Waals surface area contributed by atoms with Crippen molar-refractivity contribution in [3.63, 3.8) is 0 Å². The fraction of sp³-hybridized carbons (Fsp3) is 0.429. The minimum absolute atomic E-state index is 0.269. The number of likely N-dealkylation sites (N-methyl/N-ethyl adjacent to an activating group) is 1. The number of nitrogens with zero attached hydrogens (tertiary/aromatic N) is 2. The highest BCUT2D eigenvalue weighted by Crippen LogP contribution is 2.18. The van der Waals surface area contributed by atoms with E-state index in [4.69, 9.17) is 5.11 Å². The fourth-order valence-electron chi connectivity index (χ4n) is 1.64. The van der Waals surface area contributed by atoms with E-state index in [0.29, 0.717) is 18.7 Å². The number of rotatable bonds is 6. The highest BCUT2D eigenvalue weighted by molar-refractivity contribution is 9.10. The summed E-state index contributed by atoms with van der Waals surface area (Å²) in [5.74, 6) is -1.28. The van der Waals surface area contributed by atoms with Crippen molar-refractivity contribution in [2.45, 2.75) is 6.92 Å². The van der Waals surface area contributed by atoms with Crippen LogP contribution in [0.15, 0.2) is 22.7 Å². The largest absolute Gasteiger partial charge is 0.480 e. The first-order valence-corrected chi connectivity index (χ1v) is 7.02. The fourth-order valence-corrected chi connectivity index (χ4v) is 2.02. The van der Waals surface area contributed by atoms with Gasteiger partial charge in [0.1, 0.15) is 6.54 Å². The van der Waals surface area contributed by atoms with E-state index in [1.165, 1.54) is 4.90 Å². The summed E-state index contributed by atoms with van der Waals surface area (Å²) in [6, 6.07) is 5.28. The van der Waals surface area contributed by atoms with E-state index in [0.717, 1.165) is 10.0 Å². The number of aliphatic carboxylic acids is 1. The van der Waals surface area contributed by atoms with Gasteiger partial charge in [0.25, 0.3) is 5.91 Å². The van der Waals surface area contributed by atoms with Crippen molar-refractivity contribution in [3.8, 4) is 0 Å². The molecule has 0 spiro atoms. The molecule has 0 aliphatic heterocycles. The lowest BCUT2D eigenvalue weighted by molar-refractivity contribution is -0.137. The van der Waals surface area contributed by atoms with Gasteiger partial charge in [0.15, 0.2) is 0 Å². The molecule has 0 aliphatic rings. The third-order valence-electron chi connectivity index (χ3n) is 2.85. The average molecular weight is 343 g/mol. The Morgan fingerprint density at radius 2 is 1.90 bits per heavy atom. The average Bonchev–Trinajstić information content (AvgIpc) is 2.36. The number of carboxylic acid groups (broad SMARTS) is 1. The van der Waals surface area contributed by atoms with Crippen LogP contribution in [-0.4, -0.2) is 60.5 Å². The van der Waals surface area contributed by atoms with Gasteiger partial charge in [-0.25, -0.2) is 0 Å². The molecule has 1 aromatic rings. The van der Waals surface area contributed by atoms with E-state index >= 15 is 0 Å². The van der Waals surface area contributed by atoms with Gasteiger partial charge in [0.05, 0.1) is 0 Å². The normalized spacial score (nSPS) is 10.7. The van der Waals surface area contributed by atoms with Crippen molar-refractivity contribution in [3.05, 3.63) is 33.8 Å². The van der Waals surface area contributed by atoms with Crippen LogP contribution in [-0.2, 0) is 4.79 Å². The quantitative estimate of drug-likeness (QED) is 0.856. The molecule has 0 heterocycles. The van der Waals surface area contributed by atoms with Crippen LogP contribution in [0.25, 0.3) is 0 Å². The van der Waals surface area contributed by atoms with Crippen LogP contribution in [0, 0.1) is 6.92 Å². The summed E-state index contributed by atoms with van der Waals surface area (Å²) in [7, 11) is 3.76. The maximum absolute atomic E-state index is 12.4. The zero-order valence-electron chi connectivity index (χ0n) is 11.9. The minimum atomic E-state index is -1.01. The Hall–Kier alpha value is -1.40. The number of halogens is 1. The Kier molecular flexibility index (Phi) is 6.16. The van der Waals surface area contributed by atoms with E-state index in [9.17, 15) is 9.59 Å². The van der Waals surface area contributed by atoms with Gasteiger partial charge >= 0.3 is 5.97 Å². The van der Waals surface area contributed by atoms with Gasteiger partial charge in [-0.2, -0.15) is 0 Å². The molecule has 110 valence electrons. The Labute approximate surface area is 127 Å². The van der Waals surface area contributed by atoms with Gasteiger partial charge in [-0.15, -0.1) is 0 Å². The first kappa shape index (κ1) is 16.7. The SMILES string of the molecule is Cc1ccc(C(=O)N(CCN(C)C)CC(=O)O)cc1Br. The van der Waals surface area contributed by atoms with Gasteiger partial charge in [0, 0.05) is 23.1 Å². The summed E-state index contributed by atoms with van der Waals surface area (Å²) in [4.78, 5) is 26.5. The smallest absolute Gasteiger partial charge is 0.323 e. The summed E-state index contributed by atoms with van der Waals surface area (Å²) in [6.45, 7) is 2.63. The van der Waals surface area contributed by atoms with Gasteiger partial charge < -0.3 is 14.9 Å². The van der Waals surface area contributed by atoms with Crippen molar-refractivity contribution in [1.29, 1.82) is 0 Å². The molecule has 20 heavy (non-hydrogen) atoms. The zero-order valence-corrected chi connectivity index (χ0v) is 13.5. The lowest BCUT2D eigenvalue weighted by Gasteiger charge is -2.23. The monoisotopic (exact) mass is 342 g/mol. The molecule has 0 saturated heterocycles. The number of hydrogen-bond donors (Lipinski definition) is 1. The molecule has 1 amide bonds. The number of benzene rings is 1. The first-order valence-electron chi connectivity index (χ1n) is 6.23. The van der Waals surface area contributed by atoms with E-state index in [1.54, 1.807) is 12.1 Å². The molecule has 6 heteroatoms. The Balaban J connectivity index is 2.90. The van der Waals surface area contributed by atoms with Crippen LogP contribution in [0.5, 0.6) is 0 Å². The number of aryl methyl sites for hydroxylation is 1. The van der Waals surface area contributed by atoms with Crippen LogP contribution in [0.4, 0.5) is 0 Å². The third-order valence-corrected chi connectivity index (χ3v) is 3.70. The topological polar surface area (TPSA) is 60.9 Å². The lowest BCUT2D eigenvalue weighted by Crippen LogP contribution is -2.40. The van der Waals surface area contributed by atoms with Crippen LogP contribution in [0.2, 0.25) is 0 Å². The third kappa shape index (κ3) is 4.94. The first-order chi connectivity index (χ1) is 9.31. The van der Waals surface area contributed by atoms with E-state index in [2.05, 4.69) is 15.9 Å². The van der Waals surface area contributed by atoms with Crippen molar-refractivity contribution < 1.29 is 14.7 Å². The summed E-state index contributed by atoms with van der Waals surface area (Å²) in [5.41, 5.74) is 1.52. The molecule has 1 aromatic carbocycles. The van der Waals surface area contributed by atoms with Gasteiger partial charge in [-0.3, -0.25) is 9.59 Å². The molecule has 0 bridgehead atoms. The highest BCUT2D eigenvalue weighted by Gasteiger charge is 2.19. The number of amides is 1. The standard InChI is InChI=1S/C14H19BrN2O3/c1-10-4-5-11(8-12(10)15)14(20)17(9-13(18)19)7-6-16(2)3/h4-5,8H,6-7,9H2,1-3H3,(H,18,19). The summed E-state index contributed by atoms with van der Waals surface area (Å²) in [5, 5.41) is 8.93. The molecule has 5 nitrogen and oxygen atoms in total. The Morgan fingerprint density at radius 1 is 1.25 bits per heavy atom. The second-order valence-corrected chi connectivity index (χ2v) is 5.74. The molecule has 1 rings (SSSR count). The molecule has 0 radical (unpaired) electrons. The summed E-state index contributed by atoms with van der Waals surface area (Å²) in [6.07, 6.45) is 0. The number of carbonyl (C=O) groups excluding carboxylic acids is 1. The lowest BCUT2D eigenvalue weighted by atomic mass is 10.1. The second kappa shape index (κ2) is 7.40. The second-order valence-electron chi connectivity index (χ2n) is 4.89. The van der Waals surface area contributed by atoms with E-state index in [1.807, 2.05) is 32.0 Å². The number of hydrogen-bond acceptors (Lipinski definition) is 3. The van der Waals surface area contributed by atoms with Crippen molar-refractivity contribution >= 4 is 27.8 Å².